The number of rotatable bonds is 0. The van der Waals surface area contributed by atoms with Crippen molar-refractivity contribution in [3.63, 3.8) is 0 Å². The first-order valence-corrected chi connectivity index (χ1v) is 14.3. The molecule has 4 heteroatoms. The van der Waals surface area contributed by atoms with Crippen LogP contribution in [-0.4, -0.2) is 0 Å². The molecule has 0 radical (unpaired) electrons. The summed E-state index contributed by atoms with van der Waals surface area (Å²) in [6.07, 6.45) is 0. The first kappa shape index (κ1) is 6.23. The van der Waals surface area contributed by atoms with Gasteiger partial charge >= 0.3 is 52.7 Å². The Hall–Kier alpha value is 2.23. The Morgan fingerprint density at radius 2 is 2.00 bits per heavy atom. The molecule has 0 aromatic carbocycles. The Balaban J connectivity index is 2.32. The summed E-state index contributed by atoms with van der Waals surface area (Å²) < 4.78 is 0. The number of hydrogen-bond acceptors (Lipinski definition) is 0. The molecule has 0 nitrogen and oxygen atoms in total. The van der Waals surface area contributed by atoms with Crippen LogP contribution in [0.25, 0.3) is 0 Å². The van der Waals surface area contributed by atoms with Gasteiger partial charge in [0.2, 0.25) is 0 Å². The summed E-state index contributed by atoms with van der Waals surface area (Å²) in [5.74, 6) is 0. The molecular weight excluding hydrogens is 369 g/mol. The fourth-order valence-corrected chi connectivity index (χ4v) is 0. The van der Waals surface area contributed by atoms with Gasteiger partial charge in [-0.25, -0.2) is 0 Å². The second-order valence-electron chi connectivity index (χ2n) is 0.162. The molecule has 0 bridgehead atoms. The van der Waals surface area contributed by atoms with Gasteiger partial charge in [-0.2, -0.15) is 0 Å². The Morgan fingerprint density at radius 1 is 2.00 bits per heavy atom. The first-order valence-electron chi connectivity index (χ1n) is 0.429. The third-order valence-electron chi connectivity index (χ3n) is 0. The predicted octanol–water partition coefficient (Wildman–Crippen LogP) is 3.31. The summed E-state index contributed by atoms with van der Waals surface area (Å²) in [5.41, 5.74) is 0. The van der Waals surface area contributed by atoms with Gasteiger partial charge < -0.3 is 0 Å². The van der Waals surface area contributed by atoms with Crippen LogP contribution in [0.5, 0.6) is 0 Å². The summed E-state index contributed by atoms with van der Waals surface area (Å²) in [7, 11) is 5.33. The molecule has 0 unspecified atom stereocenters. The van der Waals surface area contributed by atoms with E-state index in [0.29, 0.717) is 0 Å². The van der Waals surface area contributed by atoms with E-state index in [4.69, 9.17) is 8.91 Å². The third kappa shape index (κ3) is 8.87. The maximum absolute atomic E-state index is 5.33. The topological polar surface area (TPSA) is 0 Å². The van der Waals surface area contributed by atoms with Gasteiger partial charge in [-0.1, -0.05) is 0 Å². The van der Waals surface area contributed by atoms with Crippen molar-refractivity contribution in [3.05, 3.63) is 0 Å². The van der Waals surface area contributed by atoms with Gasteiger partial charge in [0.15, 0.2) is 0 Å². The number of hydrogen-bond donors (Lipinski definition) is 0. The van der Waals surface area contributed by atoms with E-state index in [1.165, 1.54) is 0 Å². The Kier molecular flexibility index (Phi) is 5.33. The second-order valence-corrected chi connectivity index (χ2v) is 25.6. The SMILES string of the molecule is ClI(Br)I. The van der Waals surface area contributed by atoms with Gasteiger partial charge in [-0.05, 0) is 0 Å². The molecule has 0 N–H and O–H groups in total. The van der Waals surface area contributed by atoms with Gasteiger partial charge in [0, 0.05) is 0 Å². The maximum atomic E-state index is 5.33. The molecule has 0 aromatic rings. The normalized spacial score (nSPS) is 11.2. The zero-order chi connectivity index (χ0) is 3.58. The van der Waals surface area contributed by atoms with Gasteiger partial charge in [-0.3, -0.25) is 0 Å². The molecule has 0 aliphatic heterocycles. The van der Waals surface area contributed by atoms with Crippen LogP contribution in [0.2, 0.25) is 0 Å². The monoisotopic (exact) mass is 368 g/mol. The van der Waals surface area contributed by atoms with E-state index in [1.54, 1.807) is 0 Å². The van der Waals surface area contributed by atoms with Crippen molar-refractivity contribution in [3.8, 4) is 0 Å². The minimum absolute atomic E-state index is 1.01. The van der Waals surface area contributed by atoms with Crippen LogP contribution in [0, 0.1) is 0 Å². The van der Waals surface area contributed by atoms with Crippen molar-refractivity contribution < 1.29 is 0 Å². The van der Waals surface area contributed by atoms with E-state index in [1.807, 2.05) is 0 Å². The molecule has 28 valence electrons. The standard InChI is InChI=1S/BrClI2/c1-4(2)3. The predicted molar refractivity (Wildman–Crippen MR) is 42.8 cm³/mol. The molecule has 0 saturated carbocycles. The van der Waals surface area contributed by atoms with Gasteiger partial charge in [0.05, 0.1) is 0 Å². The average Bonchev–Trinajstić information content (AvgIpc) is 0.811. The van der Waals surface area contributed by atoms with Crippen molar-refractivity contribution >= 4 is 52.7 Å². The van der Waals surface area contributed by atoms with Crippen LogP contribution in [-0.2, 0) is 0 Å². The van der Waals surface area contributed by atoms with E-state index in [2.05, 4.69) is 31.3 Å². The van der Waals surface area contributed by atoms with Crippen LogP contribution >= 0.6 is 52.7 Å². The van der Waals surface area contributed by atoms with Crippen LogP contribution in [0.15, 0.2) is 0 Å². The van der Waals surface area contributed by atoms with E-state index in [9.17, 15) is 0 Å². The molecule has 0 fully saturated rings. The van der Waals surface area contributed by atoms with Crippen molar-refractivity contribution in [1.29, 1.82) is 0 Å². The summed E-state index contributed by atoms with van der Waals surface area (Å²) >= 11 is 4.35. The fraction of sp³-hybridized carbons (Fsp3) is 0. The Labute approximate surface area is 51.7 Å². The fourth-order valence-electron chi connectivity index (χ4n) is 0. The molecule has 0 rings (SSSR count). The molecule has 0 aliphatic carbocycles. The summed E-state index contributed by atoms with van der Waals surface area (Å²) in [6, 6.07) is 0. The van der Waals surface area contributed by atoms with Crippen LogP contribution in [0.1, 0.15) is 0 Å². The molecule has 0 saturated heterocycles. The summed E-state index contributed by atoms with van der Waals surface area (Å²) in [6.45, 7) is 0. The van der Waals surface area contributed by atoms with Crippen molar-refractivity contribution in [2.45, 2.75) is 0 Å². The zero-order valence-electron chi connectivity index (χ0n) is 1.51. The zero-order valence-corrected chi connectivity index (χ0v) is 8.17. The molecule has 0 heterocycles. The van der Waals surface area contributed by atoms with Crippen molar-refractivity contribution in [1.82, 2.24) is 0 Å². The van der Waals surface area contributed by atoms with Gasteiger partial charge in [-0.15, -0.1) is 0 Å². The molecular formula is BrClI2. The minimum atomic E-state index is -1.01. The van der Waals surface area contributed by atoms with Crippen LogP contribution in [0.4, 0.5) is 0 Å². The molecule has 0 aliphatic rings. The summed E-state index contributed by atoms with van der Waals surface area (Å²) in [4.78, 5) is 0. The molecule has 0 aromatic heterocycles. The van der Waals surface area contributed by atoms with Crippen LogP contribution < -0.4 is 0 Å². The second kappa shape index (κ2) is 3.42. The van der Waals surface area contributed by atoms with E-state index in [-0.39, 0.29) is 0 Å². The number of halogens is 4. The van der Waals surface area contributed by atoms with Crippen LogP contribution in [0.3, 0.4) is 0 Å². The van der Waals surface area contributed by atoms with Gasteiger partial charge in [0.1, 0.15) is 0 Å². The Morgan fingerprint density at radius 3 is 2.00 bits per heavy atom. The quantitative estimate of drug-likeness (QED) is 0.575. The van der Waals surface area contributed by atoms with E-state index >= 15 is 0 Å². The molecule has 0 atom stereocenters. The third-order valence-corrected chi connectivity index (χ3v) is 0. The van der Waals surface area contributed by atoms with Crippen molar-refractivity contribution in [2.24, 2.45) is 0 Å². The molecule has 4 heavy (non-hydrogen) atoms. The average molecular weight is 369 g/mol. The molecule has 0 spiro atoms. The van der Waals surface area contributed by atoms with Crippen molar-refractivity contribution in [2.75, 3.05) is 0 Å². The summed E-state index contributed by atoms with van der Waals surface area (Å²) in [5, 5.41) is 0. The van der Waals surface area contributed by atoms with Gasteiger partial charge in [0.25, 0.3) is 0 Å². The molecule has 0 amide bonds. The Bertz CT molecular complexity index is 10.8. The van der Waals surface area contributed by atoms with E-state index < -0.39 is 12.5 Å². The van der Waals surface area contributed by atoms with E-state index in [0.717, 1.165) is 0 Å². The first-order chi connectivity index (χ1) is 1.73.